The lowest BCUT2D eigenvalue weighted by Crippen LogP contribution is -2.36. The summed E-state index contributed by atoms with van der Waals surface area (Å²) in [5.41, 5.74) is 0.739. The quantitative estimate of drug-likeness (QED) is 0.830. The minimum absolute atomic E-state index is 0.118. The first kappa shape index (κ1) is 16.8. The summed E-state index contributed by atoms with van der Waals surface area (Å²) in [6.45, 7) is 0.00721. The number of hydrogen-bond acceptors (Lipinski definition) is 6. The van der Waals surface area contributed by atoms with E-state index in [0.717, 1.165) is 5.56 Å². The summed E-state index contributed by atoms with van der Waals surface area (Å²) < 4.78 is 23.4. The van der Waals surface area contributed by atoms with Crippen LogP contribution in [0.1, 0.15) is 12.8 Å². The zero-order chi connectivity index (χ0) is 17.2. The lowest BCUT2D eigenvalue weighted by atomic mass is 10.2. The van der Waals surface area contributed by atoms with Crippen molar-refractivity contribution < 1.29 is 13.2 Å². The van der Waals surface area contributed by atoms with Crippen LogP contribution in [0.3, 0.4) is 0 Å². The van der Waals surface area contributed by atoms with Crippen LogP contribution in [0.5, 0.6) is 0 Å². The van der Waals surface area contributed by atoms with E-state index in [1.807, 2.05) is 0 Å². The maximum atomic E-state index is 11.9. The molecule has 10 heteroatoms. The molecule has 0 bridgehead atoms. The second kappa shape index (κ2) is 6.86. The highest BCUT2D eigenvalue weighted by atomic mass is 35.5. The van der Waals surface area contributed by atoms with Crippen molar-refractivity contribution in [2.45, 2.75) is 24.6 Å². The molecule has 3 rings (SSSR count). The first-order chi connectivity index (χ1) is 11.4. The summed E-state index contributed by atoms with van der Waals surface area (Å²) in [6, 6.07) is 6.95. The van der Waals surface area contributed by atoms with Crippen molar-refractivity contribution in [1.82, 2.24) is 25.5 Å². The molecule has 1 aliphatic rings. The number of rotatable bonds is 5. The minimum atomic E-state index is -3.07. The monoisotopic (exact) mass is 369 g/mol. The number of tetrazole rings is 1. The van der Waals surface area contributed by atoms with Gasteiger partial charge in [0.05, 0.1) is 11.0 Å². The number of carbonyl (C=O) groups excluding carboxylic acids is 1. The zero-order valence-corrected chi connectivity index (χ0v) is 14.3. The molecule has 0 spiro atoms. The summed E-state index contributed by atoms with van der Waals surface area (Å²) >= 11 is 5.82. The van der Waals surface area contributed by atoms with Gasteiger partial charge in [-0.25, -0.2) is 8.42 Å². The molecule has 24 heavy (non-hydrogen) atoms. The van der Waals surface area contributed by atoms with E-state index in [2.05, 4.69) is 20.7 Å². The lowest BCUT2D eigenvalue weighted by Gasteiger charge is -2.10. The Morgan fingerprint density at radius 1 is 1.33 bits per heavy atom. The number of nitrogens with zero attached hydrogens (tertiary/aromatic N) is 4. The van der Waals surface area contributed by atoms with Crippen LogP contribution in [0.2, 0.25) is 5.02 Å². The molecule has 1 unspecified atom stereocenters. The highest BCUT2D eigenvalue weighted by Gasteiger charge is 2.31. The SMILES string of the molecule is O=C(Cn1nnc(-c2ccc(Cl)cc2)n1)NCC1CCCS1(=O)=O. The Labute approximate surface area is 144 Å². The van der Waals surface area contributed by atoms with Crippen LogP contribution < -0.4 is 5.32 Å². The van der Waals surface area contributed by atoms with E-state index in [1.54, 1.807) is 24.3 Å². The molecule has 1 fully saturated rings. The predicted molar refractivity (Wildman–Crippen MR) is 88.1 cm³/mol. The third-order valence-corrected chi connectivity index (χ3v) is 6.36. The number of amides is 1. The number of carbonyl (C=O) groups is 1. The summed E-state index contributed by atoms with van der Waals surface area (Å²) in [7, 11) is -3.07. The van der Waals surface area contributed by atoms with Gasteiger partial charge in [-0.2, -0.15) is 4.80 Å². The molecule has 1 aromatic carbocycles. The van der Waals surface area contributed by atoms with E-state index in [4.69, 9.17) is 11.6 Å². The Morgan fingerprint density at radius 3 is 2.75 bits per heavy atom. The number of hydrogen-bond donors (Lipinski definition) is 1. The molecule has 1 aliphatic heterocycles. The first-order valence-electron chi connectivity index (χ1n) is 7.46. The van der Waals surface area contributed by atoms with Crippen molar-refractivity contribution in [3.8, 4) is 11.4 Å². The van der Waals surface area contributed by atoms with Gasteiger partial charge in [-0.3, -0.25) is 4.79 Å². The number of aromatic nitrogens is 4. The average Bonchev–Trinajstić information content (AvgIpc) is 3.12. The van der Waals surface area contributed by atoms with Crippen LogP contribution in [-0.2, 0) is 21.2 Å². The van der Waals surface area contributed by atoms with Gasteiger partial charge in [0.1, 0.15) is 6.54 Å². The summed E-state index contributed by atoms with van der Waals surface area (Å²) in [5.74, 6) is 0.234. The molecule has 128 valence electrons. The van der Waals surface area contributed by atoms with E-state index >= 15 is 0 Å². The van der Waals surface area contributed by atoms with Gasteiger partial charge in [0.15, 0.2) is 9.84 Å². The fourth-order valence-electron chi connectivity index (χ4n) is 2.52. The Morgan fingerprint density at radius 2 is 2.08 bits per heavy atom. The number of halogens is 1. The molecule has 1 atom stereocenters. The molecular weight excluding hydrogens is 354 g/mol. The van der Waals surface area contributed by atoms with E-state index in [9.17, 15) is 13.2 Å². The Kier molecular flexibility index (Phi) is 4.81. The molecular formula is C14H16ClN5O3S. The standard InChI is InChI=1S/C14H16ClN5O3S/c15-11-5-3-10(4-6-11)14-17-19-20(18-14)9-13(21)16-8-12-2-1-7-24(12,22)23/h3-6,12H,1-2,7-9H2,(H,16,21). The zero-order valence-electron chi connectivity index (χ0n) is 12.7. The third-order valence-electron chi connectivity index (χ3n) is 3.83. The third kappa shape index (κ3) is 3.90. The summed E-state index contributed by atoms with van der Waals surface area (Å²) in [6.07, 6.45) is 1.24. The molecule has 0 saturated carbocycles. The van der Waals surface area contributed by atoms with Crippen molar-refractivity contribution >= 4 is 27.3 Å². The van der Waals surface area contributed by atoms with E-state index in [1.165, 1.54) is 4.80 Å². The topological polar surface area (TPSA) is 107 Å². The van der Waals surface area contributed by atoms with Gasteiger partial charge in [-0.15, -0.1) is 10.2 Å². The van der Waals surface area contributed by atoms with Gasteiger partial charge in [0, 0.05) is 17.1 Å². The van der Waals surface area contributed by atoms with E-state index in [-0.39, 0.29) is 24.7 Å². The molecule has 2 heterocycles. The lowest BCUT2D eigenvalue weighted by molar-refractivity contribution is -0.122. The largest absolute Gasteiger partial charge is 0.353 e. The molecule has 1 N–H and O–H groups in total. The molecule has 1 amide bonds. The van der Waals surface area contributed by atoms with Crippen molar-refractivity contribution in [2.24, 2.45) is 0 Å². The number of benzene rings is 1. The molecule has 0 aliphatic carbocycles. The van der Waals surface area contributed by atoms with Crippen LogP contribution >= 0.6 is 11.6 Å². The number of nitrogens with one attached hydrogen (secondary N) is 1. The van der Waals surface area contributed by atoms with E-state index < -0.39 is 15.1 Å². The van der Waals surface area contributed by atoms with Gasteiger partial charge >= 0.3 is 0 Å². The smallest absolute Gasteiger partial charge is 0.243 e. The van der Waals surface area contributed by atoms with Gasteiger partial charge in [0.25, 0.3) is 0 Å². The van der Waals surface area contributed by atoms with Crippen LogP contribution in [0, 0.1) is 0 Å². The number of sulfone groups is 1. The summed E-state index contributed by atoms with van der Waals surface area (Å²) in [4.78, 5) is 13.1. The maximum absolute atomic E-state index is 11.9. The first-order valence-corrected chi connectivity index (χ1v) is 9.55. The Bertz CT molecular complexity index is 834. The van der Waals surface area contributed by atoms with Crippen molar-refractivity contribution in [1.29, 1.82) is 0 Å². The highest BCUT2D eigenvalue weighted by Crippen LogP contribution is 2.19. The van der Waals surface area contributed by atoms with E-state index in [0.29, 0.717) is 23.7 Å². The molecule has 8 nitrogen and oxygen atoms in total. The van der Waals surface area contributed by atoms with Crippen LogP contribution in [0.15, 0.2) is 24.3 Å². The highest BCUT2D eigenvalue weighted by molar-refractivity contribution is 7.92. The van der Waals surface area contributed by atoms with Gasteiger partial charge in [-0.05, 0) is 42.3 Å². The van der Waals surface area contributed by atoms with Crippen molar-refractivity contribution in [3.63, 3.8) is 0 Å². The Hall–Kier alpha value is -2.00. The van der Waals surface area contributed by atoms with Crippen molar-refractivity contribution in [3.05, 3.63) is 29.3 Å². The average molecular weight is 370 g/mol. The fraction of sp³-hybridized carbons (Fsp3) is 0.429. The summed E-state index contributed by atoms with van der Waals surface area (Å²) in [5, 5.41) is 14.6. The minimum Gasteiger partial charge on any atom is -0.353 e. The molecule has 2 aromatic rings. The second-order valence-electron chi connectivity index (χ2n) is 5.59. The van der Waals surface area contributed by atoms with Gasteiger partial charge in [0.2, 0.25) is 11.7 Å². The van der Waals surface area contributed by atoms with Gasteiger partial charge in [-0.1, -0.05) is 11.6 Å². The van der Waals surface area contributed by atoms with Gasteiger partial charge < -0.3 is 5.32 Å². The Balaban J connectivity index is 1.56. The van der Waals surface area contributed by atoms with Crippen LogP contribution in [0.4, 0.5) is 0 Å². The van der Waals surface area contributed by atoms with Crippen LogP contribution in [0.25, 0.3) is 11.4 Å². The van der Waals surface area contributed by atoms with Crippen LogP contribution in [-0.4, -0.2) is 52.1 Å². The normalized spacial score (nSPS) is 19.3. The molecule has 1 aromatic heterocycles. The second-order valence-corrected chi connectivity index (χ2v) is 8.42. The fourth-order valence-corrected chi connectivity index (χ4v) is 4.42. The molecule has 0 radical (unpaired) electrons. The predicted octanol–water partition coefficient (Wildman–Crippen LogP) is 0.687. The van der Waals surface area contributed by atoms with Crippen molar-refractivity contribution in [2.75, 3.05) is 12.3 Å². The molecule has 1 saturated heterocycles. The maximum Gasteiger partial charge on any atom is 0.243 e.